The molecule has 0 amide bonds. The lowest BCUT2D eigenvalue weighted by Crippen LogP contribution is -2.03. The van der Waals surface area contributed by atoms with E-state index in [-0.39, 0.29) is 6.10 Å². The highest BCUT2D eigenvalue weighted by molar-refractivity contribution is 5.61. The van der Waals surface area contributed by atoms with E-state index >= 15 is 0 Å². The lowest BCUT2D eigenvalue weighted by Gasteiger charge is -2.05. The van der Waals surface area contributed by atoms with Crippen molar-refractivity contribution in [2.24, 2.45) is 0 Å². The van der Waals surface area contributed by atoms with Crippen molar-refractivity contribution in [2.45, 2.75) is 19.4 Å². The standard InChI is InChI=1S/C12H14N2O2/c1-8(15)5-9-3-2-4-10(6-9)11-7-12(13)16-14-11/h2-4,6-8,15H,5,13H2,1H3. The average Bonchev–Trinajstić information content (AvgIpc) is 2.64. The Morgan fingerprint density at radius 2 is 2.25 bits per heavy atom. The third-order valence-electron chi connectivity index (χ3n) is 2.28. The summed E-state index contributed by atoms with van der Waals surface area (Å²) in [5.74, 6) is 0.302. The van der Waals surface area contributed by atoms with E-state index in [2.05, 4.69) is 5.16 Å². The quantitative estimate of drug-likeness (QED) is 0.824. The van der Waals surface area contributed by atoms with Gasteiger partial charge in [-0.25, -0.2) is 0 Å². The molecule has 1 aromatic carbocycles. The van der Waals surface area contributed by atoms with Crippen LogP contribution >= 0.6 is 0 Å². The number of aromatic nitrogens is 1. The van der Waals surface area contributed by atoms with Crippen LogP contribution in [0.2, 0.25) is 0 Å². The van der Waals surface area contributed by atoms with Gasteiger partial charge in [-0.2, -0.15) is 0 Å². The number of anilines is 1. The molecule has 0 fully saturated rings. The Hall–Kier alpha value is -1.81. The van der Waals surface area contributed by atoms with Crippen molar-refractivity contribution in [3.8, 4) is 11.3 Å². The minimum absolute atomic E-state index is 0.302. The molecule has 0 aliphatic rings. The predicted octanol–water partition coefficient (Wildman–Crippen LogP) is 1.85. The van der Waals surface area contributed by atoms with Crippen LogP contribution in [0.1, 0.15) is 12.5 Å². The van der Waals surface area contributed by atoms with Crippen LogP contribution in [0, 0.1) is 0 Å². The van der Waals surface area contributed by atoms with Crippen molar-refractivity contribution in [2.75, 3.05) is 5.73 Å². The first-order chi connectivity index (χ1) is 7.65. The molecular formula is C12H14N2O2. The number of rotatable bonds is 3. The van der Waals surface area contributed by atoms with Gasteiger partial charge in [0.2, 0.25) is 5.88 Å². The van der Waals surface area contributed by atoms with Crippen molar-refractivity contribution in [3.05, 3.63) is 35.9 Å². The molecular weight excluding hydrogens is 204 g/mol. The Bertz CT molecular complexity index is 477. The highest BCUT2D eigenvalue weighted by atomic mass is 16.5. The molecule has 3 N–H and O–H groups in total. The summed E-state index contributed by atoms with van der Waals surface area (Å²) in [4.78, 5) is 0. The lowest BCUT2D eigenvalue weighted by atomic mass is 10.0. The topological polar surface area (TPSA) is 72.3 Å². The van der Waals surface area contributed by atoms with Gasteiger partial charge in [-0.1, -0.05) is 23.4 Å². The maximum Gasteiger partial charge on any atom is 0.222 e. The first-order valence-electron chi connectivity index (χ1n) is 5.15. The number of hydrogen-bond donors (Lipinski definition) is 2. The molecule has 2 aromatic rings. The fourth-order valence-corrected chi connectivity index (χ4v) is 1.62. The fraction of sp³-hybridized carbons (Fsp3) is 0.250. The molecule has 2 rings (SSSR count). The molecule has 0 spiro atoms. The molecule has 0 saturated heterocycles. The van der Waals surface area contributed by atoms with Crippen molar-refractivity contribution in [1.82, 2.24) is 5.16 Å². The highest BCUT2D eigenvalue weighted by Gasteiger charge is 2.06. The molecule has 4 heteroatoms. The van der Waals surface area contributed by atoms with Crippen molar-refractivity contribution in [3.63, 3.8) is 0 Å². The normalized spacial score (nSPS) is 12.6. The molecule has 0 aliphatic carbocycles. The minimum Gasteiger partial charge on any atom is -0.393 e. The molecule has 0 saturated carbocycles. The Balaban J connectivity index is 2.28. The summed E-state index contributed by atoms with van der Waals surface area (Å²) in [5, 5.41) is 13.2. The Morgan fingerprint density at radius 1 is 1.44 bits per heavy atom. The zero-order valence-corrected chi connectivity index (χ0v) is 9.05. The molecule has 0 bridgehead atoms. The van der Waals surface area contributed by atoms with Crippen molar-refractivity contribution >= 4 is 5.88 Å². The van der Waals surface area contributed by atoms with Gasteiger partial charge in [-0.15, -0.1) is 0 Å². The lowest BCUT2D eigenvalue weighted by molar-refractivity contribution is 0.195. The third kappa shape index (κ3) is 2.41. The van der Waals surface area contributed by atoms with Gasteiger partial charge >= 0.3 is 0 Å². The van der Waals surface area contributed by atoms with Crippen LogP contribution in [0.3, 0.4) is 0 Å². The molecule has 1 aromatic heterocycles. The van der Waals surface area contributed by atoms with Gasteiger partial charge in [0, 0.05) is 11.6 Å². The predicted molar refractivity (Wildman–Crippen MR) is 61.7 cm³/mol. The van der Waals surface area contributed by atoms with Gasteiger partial charge in [0.1, 0.15) is 5.69 Å². The van der Waals surface area contributed by atoms with Gasteiger partial charge in [-0.3, -0.25) is 0 Å². The number of aliphatic hydroxyl groups excluding tert-OH is 1. The first-order valence-corrected chi connectivity index (χ1v) is 5.15. The summed E-state index contributed by atoms with van der Waals surface area (Å²) in [6, 6.07) is 9.49. The number of nitrogens with zero attached hydrogens (tertiary/aromatic N) is 1. The van der Waals surface area contributed by atoms with Crippen LogP contribution in [0.4, 0.5) is 5.88 Å². The van der Waals surface area contributed by atoms with Crippen LogP contribution < -0.4 is 5.73 Å². The van der Waals surface area contributed by atoms with Crippen LogP contribution in [0.15, 0.2) is 34.9 Å². The SMILES string of the molecule is CC(O)Cc1cccc(-c2cc(N)on2)c1. The van der Waals surface area contributed by atoms with E-state index in [0.29, 0.717) is 18.0 Å². The first kappa shape index (κ1) is 10.7. The van der Waals surface area contributed by atoms with Gasteiger partial charge < -0.3 is 15.4 Å². The number of hydrogen-bond acceptors (Lipinski definition) is 4. The Morgan fingerprint density at radius 3 is 2.88 bits per heavy atom. The maximum absolute atomic E-state index is 9.32. The second-order valence-corrected chi connectivity index (χ2v) is 3.87. The monoisotopic (exact) mass is 218 g/mol. The maximum atomic E-state index is 9.32. The number of nitrogens with two attached hydrogens (primary N) is 1. The summed E-state index contributed by atoms with van der Waals surface area (Å²) >= 11 is 0. The summed E-state index contributed by atoms with van der Waals surface area (Å²) in [6.45, 7) is 1.76. The third-order valence-corrected chi connectivity index (χ3v) is 2.28. The summed E-state index contributed by atoms with van der Waals surface area (Å²) < 4.78 is 4.82. The summed E-state index contributed by atoms with van der Waals surface area (Å²) in [6.07, 6.45) is 0.277. The van der Waals surface area contributed by atoms with E-state index in [0.717, 1.165) is 11.1 Å². The number of nitrogen functional groups attached to an aromatic ring is 1. The van der Waals surface area contributed by atoms with Gasteiger partial charge in [0.05, 0.1) is 6.10 Å². The Kier molecular flexibility index (Phi) is 2.92. The van der Waals surface area contributed by atoms with Gasteiger partial charge in [0.15, 0.2) is 0 Å². The minimum atomic E-state index is -0.349. The largest absolute Gasteiger partial charge is 0.393 e. The van der Waals surface area contributed by atoms with Gasteiger partial charge in [0.25, 0.3) is 0 Å². The van der Waals surface area contributed by atoms with Crippen molar-refractivity contribution < 1.29 is 9.63 Å². The summed E-state index contributed by atoms with van der Waals surface area (Å²) in [7, 11) is 0. The fourth-order valence-electron chi connectivity index (χ4n) is 1.62. The van der Waals surface area contributed by atoms with E-state index < -0.39 is 0 Å². The highest BCUT2D eigenvalue weighted by Crippen LogP contribution is 2.21. The molecule has 1 unspecified atom stereocenters. The smallest absolute Gasteiger partial charge is 0.222 e. The zero-order valence-electron chi connectivity index (χ0n) is 9.05. The van der Waals surface area contributed by atoms with Crippen LogP contribution in [-0.4, -0.2) is 16.4 Å². The molecule has 0 aliphatic heterocycles. The molecule has 84 valence electrons. The molecule has 1 atom stereocenters. The number of benzene rings is 1. The van der Waals surface area contributed by atoms with Crippen LogP contribution in [-0.2, 0) is 6.42 Å². The second-order valence-electron chi connectivity index (χ2n) is 3.87. The van der Waals surface area contributed by atoms with E-state index in [9.17, 15) is 5.11 Å². The molecule has 4 nitrogen and oxygen atoms in total. The molecule has 16 heavy (non-hydrogen) atoms. The van der Waals surface area contributed by atoms with E-state index in [1.54, 1.807) is 13.0 Å². The van der Waals surface area contributed by atoms with E-state index in [4.69, 9.17) is 10.3 Å². The van der Waals surface area contributed by atoms with Gasteiger partial charge in [-0.05, 0) is 25.0 Å². The summed E-state index contributed by atoms with van der Waals surface area (Å²) in [5.41, 5.74) is 8.19. The zero-order chi connectivity index (χ0) is 11.5. The van der Waals surface area contributed by atoms with Crippen molar-refractivity contribution in [1.29, 1.82) is 0 Å². The number of aliphatic hydroxyl groups is 1. The Labute approximate surface area is 93.7 Å². The second kappa shape index (κ2) is 4.37. The van der Waals surface area contributed by atoms with Crippen LogP contribution in [0.5, 0.6) is 0 Å². The molecule has 0 radical (unpaired) electrons. The van der Waals surface area contributed by atoms with E-state index in [1.807, 2.05) is 24.3 Å². The van der Waals surface area contributed by atoms with Crippen LogP contribution in [0.25, 0.3) is 11.3 Å². The average molecular weight is 218 g/mol. The van der Waals surface area contributed by atoms with E-state index in [1.165, 1.54) is 0 Å². The molecule has 1 heterocycles.